The summed E-state index contributed by atoms with van der Waals surface area (Å²) in [6.07, 6.45) is -21.2. The van der Waals surface area contributed by atoms with Crippen LogP contribution in [0.5, 0.6) is 0 Å². The maximum atomic E-state index is 14.7. The molecule has 4 saturated carbocycles. The Kier molecular flexibility index (Phi) is 15.1. The van der Waals surface area contributed by atoms with Crippen LogP contribution in [0.4, 0.5) is 0 Å². The molecule has 0 aromatic heterocycles. The second-order valence-electron chi connectivity index (χ2n) is 21.5. The molecular formula is C45H74O21. The van der Waals surface area contributed by atoms with Gasteiger partial charge in [0.25, 0.3) is 0 Å². The molecule has 4 aliphatic heterocycles. The lowest BCUT2D eigenvalue weighted by Crippen LogP contribution is -2.65. The number of rotatable bonds is 13. The quantitative estimate of drug-likeness (QED) is 0.0793. The van der Waals surface area contributed by atoms with Crippen molar-refractivity contribution >= 4 is 5.78 Å². The van der Waals surface area contributed by atoms with Crippen LogP contribution in [-0.2, 0) is 38.0 Å². The minimum absolute atomic E-state index is 0.00123. The maximum absolute atomic E-state index is 14.7. The molecule has 0 bridgehead atoms. The van der Waals surface area contributed by atoms with Gasteiger partial charge in [-0.3, -0.25) is 4.79 Å². The third-order valence-electron chi connectivity index (χ3n) is 17.9. The Morgan fingerprint density at radius 3 is 1.92 bits per heavy atom. The van der Waals surface area contributed by atoms with E-state index in [1.54, 1.807) is 0 Å². The molecule has 0 radical (unpaired) electrons. The van der Waals surface area contributed by atoms with Gasteiger partial charge in [0.1, 0.15) is 79.0 Å². The van der Waals surface area contributed by atoms with E-state index in [1.807, 2.05) is 20.8 Å². The number of carbonyl (C=O) groups is 1. The van der Waals surface area contributed by atoms with E-state index in [-0.39, 0.29) is 66.3 Å². The highest BCUT2D eigenvalue weighted by Gasteiger charge is 2.71. The zero-order chi connectivity index (χ0) is 47.9. The van der Waals surface area contributed by atoms with Crippen LogP contribution in [0.1, 0.15) is 79.1 Å². The van der Waals surface area contributed by atoms with Crippen LogP contribution in [0.15, 0.2) is 0 Å². The van der Waals surface area contributed by atoms with Crippen molar-refractivity contribution in [1.29, 1.82) is 0 Å². The summed E-state index contributed by atoms with van der Waals surface area (Å²) in [5, 5.41) is 137. The molecule has 8 aliphatic rings. The first-order valence-corrected chi connectivity index (χ1v) is 23.9. The van der Waals surface area contributed by atoms with E-state index in [2.05, 4.69) is 6.92 Å². The number of hydrogen-bond donors (Lipinski definition) is 13. The average Bonchev–Trinajstić information content (AvgIpc) is 3.73. The standard InChI is InChI=1S/C45H74O21/c1-17(16-60-40-36(56)33(53)31(51)26(13-46)62-40)7-8-45(59)18(2)30-25(66-45)10-22-20-6-5-19-9-24(23(49)12-43(19,3)21(20)11-29(50)44(22,30)4)61-41-38(58)35(55)39(28(15-48)64-41)65-42-37(57)34(54)32(52)27(14-47)63-42/h17-28,30-42,46-49,51-59H,5-16H2,1-4H3/t17-,18-,19-,20+,21-,22-,23+,24+,25-,26+,27+,28+,30-,31+,32+,33-,34-,35+,36+,37+,38+,39-,40+,41+,42-,43-,44+,45+/m0/s1. The number of aliphatic hydroxyl groups is 13. The van der Waals surface area contributed by atoms with Gasteiger partial charge in [0.2, 0.25) is 0 Å². The Bertz CT molecular complexity index is 1670. The lowest BCUT2D eigenvalue weighted by molar-refractivity contribution is -0.366. The number of ether oxygens (including phenoxy) is 7. The fourth-order valence-corrected chi connectivity index (χ4v) is 13.9. The number of ketones is 1. The molecule has 0 aromatic carbocycles. The first-order valence-electron chi connectivity index (χ1n) is 23.9. The molecule has 4 heterocycles. The highest BCUT2D eigenvalue weighted by Crippen LogP contribution is 2.70. The van der Waals surface area contributed by atoms with Crippen molar-refractivity contribution in [3.63, 3.8) is 0 Å². The van der Waals surface area contributed by atoms with Gasteiger partial charge in [0, 0.05) is 30.1 Å². The van der Waals surface area contributed by atoms with Gasteiger partial charge >= 0.3 is 0 Å². The number of aliphatic hydroxyl groups excluding tert-OH is 12. The third kappa shape index (κ3) is 8.64. The van der Waals surface area contributed by atoms with E-state index in [9.17, 15) is 71.2 Å². The summed E-state index contributed by atoms with van der Waals surface area (Å²) in [6, 6.07) is 0. The molecule has 0 spiro atoms. The fraction of sp³-hybridized carbons (Fsp3) is 0.978. The van der Waals surface area contributed by atoms with Crippen molar-refractivity contribution in [2.75, 3.05) is 26.4 Å². The lowest BCUT2D eigenvalue weighted by atomic mass is 9.43. The first-order chi connectivity index (χ1) is 31.1. The van der Waals surface area contributed by atoms with Crippen LogP contribution in [0, 0.1) is 52.3 Å². The summed E-state index contributed by atoms with van der Waals surface area (Å²) >= 11 is 0. The van der Waals surface area contributed by atoms with Crippen LogP contribution in [0.2, 0.25) is 0 Å². The highest BCUT2D eigenvalue weighted by atomic mass is 16.7. The fourth-order valence-electron chi connectivity index (χ4n) is 13.9. The van der Waals surface area contributed by atoms with Crippen LogP contribution in [-0.4, -0.2) is 215 Å². The van der Waals surface area contributed by atoms with E-state index in [1.165, 1.54) is 0 Å². The Morgan fingerprint density at radius 1 is 0.712 bits per heavy atom. The summed E-state index contributed by atoms with van der Waals surface area (Å²) < 4.78 is 40.9. The van der Waals surface area contributed by atoms with Crippen LogP contribution in [0.3, 0.4) is 0 Å². The Labute approximate surface area is 383 Å². The Morgan fingerprint density at radius 2 is 1.29 bits per heavy atom. The predicted molar refractivity (Wildman–Crippen MR) is 221 cm³/mol. The van der Waals surface area contributed by atoms with Gasteiger partial charge in [-0.15, -0.1) is 0 Å². The lowest BCUT2D eigenvalue weighted by Gasteiger charge is -2.61. The van der Waals surface area contributed by atoms with Crippen LogP contribution < -0.4 is 0 Å². The number of hydrogen-bond acceptors (Lipinski definition) is 21. The molecule has 0 amide bonds. The van der Waals surface area contributed by atoms with E-state index in [0.29, 0.717) is 32.1 Å². The summed E-state index contributed by atoms with van der Waals surface area (Å²) in [4.78, 5) is 14.7. The van der Waals surface area contributed by atoms with Gasteiger partial charge in [-0.2, -0.15) is 0 Å². The highest BCUT2D eigenvalue weighted by molar-refractivity contribution is 5.87. The van der Waals surface area contributed by atoms with E-state index in [0.717, 1.165) is 12.8 Å². The molecule has 21 heteroatoms. The van der Waals surface area contributed by atoms with E-state index >= 15 is 0 Å². The SMILES string of the molecule is C[C@@H](CC[C@@]1(O)O[C@H]2C[C@H]3[C@@H]4CC[C@H]5C[C@@H](O[C@@H]6O[C@H](CO)[C@H](O[C@@H]7O[C@H](CO)[C@@H](O)[C@H](O)[C@H]7O)[C@H](O)[C@H]6O)[C@H](O)C[C@]5(C)[C@H]4CC(=O)[C@]3(C)[C@H]2[C@@H]1C)CO[C@@H]1O[C@H](CO)[C@@H](O)[C@H](O)[C@H]1O. The molecule has 0 unspecified atom stereocenters. The molecule has 21 nitrogen and oxygen atoms in total. The van der Waals surface area contributed by atoms with Gasteiger partial charge in [-0.05, 0) is 73.5 Å². The summed E-state index contributed by atoms with van der Waals surface area (Å²) in [6.45, 7) is 6.11. The predicted octanol–water partition coefficient (Wildman–Crippen LogP) is -3.63. The monoisotopic (exact) mass is 950 g/mol. The molecule has 13 N–H and O–H groups in total. The van der Waals surface area contributed by atoms with E-state index < -0.39 is 141 Å². The minimum Gasteiger partial charge on any atom is -0.394 e. The molecule has 380 valence electrons. The van der Waals surface area contributed by atoms with Crippen molar-refractivity contribution in [2.45, 2.75) is 195 Å². The molecule has 4 saturated heterocycles. The van der Waals surface area contributed by atoms with Crippen molar-refractivity contribution in [2.24, 2.45) is 52.3 Å². The molecule has 0 aromatic rings. The summed E-state index contributed by atoms with van der Waals surface area (Å²) in [5.41, 5.74) is -1.18. The normalized spacial score (nSPS) is 55.4. The molecule has 28 atom stereocenters. The number of carbonyl (C=O) groups excluding carboxylic acids is 1. The third-order valence-corrected chi connectivity index (χ3v) is 17.9. The van der Waals surface area contributed by atoms with E-state index in [4.69, 9.17) is 33.2 Å². The van der Waals surface area contributed by atoms with Crippen molar-refractivity contribution in [1.82, 2.24) is 0 Å². The van der Waals surface area contributed by atoms with Crippen molar-refractivity contribution in [3.8, 4) is 0 Å². The average molecular weight is 951 g/mol. The Balaban J connectivity index is 0.869. The maximum Gasteiger partial charge on any atom is 0.187 e. The van der Waals surface area contributed by atoms with Gasteiger partial charge in [-0.25, -0.2) is 0 Å². The van der Waals surface area contributed by atoms with Gasteiger partial charge in [-0.1, -0.05) is 27.7 Å². The Hall–Kier alpha value is -1.13. The number of fused-ring (bicyclic) bond motifs is 7. The number of Topliss-reactive ketones (excluding diaryl/α,β-unsaturated/α-hetero) is 1. The second-order valence-corrected chi connectivity index (χ2v) is 21.5. The minimum atomic E-state index is -1.81. The second kappa shape index (κ2) is 19.5. The topological polar surface area (TPSA) is 345 Å². The van der Waals surface area contributed by atoms with Gasteiger partial charge in [0.05, 0.1) is 44.7 Å². The van der Waals surface area contributed by atoms with Crippen molar-refractivity contribution < 1.29 is 104 Å². The first kappa shape index (κ1) is 51.2. The molecule has 8 fully saturated rings. The van der Waals surface area contributed by atoms with Crippen LogP contribution >= 0.6 is 0 Å². The smallest absolute Gasteiger partial charge is 0.187 e. The molecular weight excluding hydrogens is 876 g/mol. The zero-order valence-electron chi connectivity index (χ0n) is 38.0. The summed E-state index contributed by atoms with van der Waals surface area (Å²) in [5.74, 6) is -1.94. The van der Waals surface area contributed by atoms with Crippen LogP contribution in [0.25, 0.3) is 0 Å². The molecule has 8 rings (SSSR count). The van der Waals surface area contributed by atoms with Crippen molar-refractivity contribution in [3.05, 3.63) is 0 Å². The zero-order valence-corrected chi connectivity index (χ0v) is 38.0. The van der Waals surface area contributed by atoms with Gasteiger partial charge in [0.15, 0.2) is 24.7 Å². The largest absolute Gasteiger partial charge is 0.394 e. The van der Waals surface area contributed by atoms with Gasteiger partial charge < -0.3 is 99.5 Å². The molecule has 4 aliphatic carbocycles. The summed E-state index contributed by atoms with van der Waals surface area (Å²) in [7, 11) is 0. The molecule has 66 heavy (non-hydrogen) atoms.